The lowest BCUT2D eigenvalue weighted by atomic mass is 9.83. The molecular formula is C15H20O5. The summed E-state index contributed by atoms with van der Waals surface area (Å²) in [6.45, 7) is 4.81. The quantitative estimate of drug-likeness (QED) is 0.896. The molecule has 0 saturated heterocycles. The molecule has 1 heterocycles. The average molecular weight is 280 g/mol. The van der Waals surface area contributed by atoms with Crippen LogP contribution in [0.15, 0.2) is 12.1 Å². The number of carboxylic acids is 1. The van der Waals surface area contributed by atoms with E-state index in [1.54, 1.807) is 21.0 Å². The topological polar surface area (TPSA) is 65.0 Å². The molecule has 2 rings (SSSR count). The maximum atomic E-state index is 11.4. The molecule has 5 heteroatoms. The Morgan fingerprint density at radius 3 is 2.70 bits per heavy atom. The van der Waals surface area contributed by atoms with E-state index < -0.39 is 11.4 Å². The summed E-state index contributed by atoms with van der Waals surface area (Å²) in [4.78, 5) is 11.4. The molecule has 0 atom stereocenters. The molecule has 0 aliphatic carbocycles. The lowest BCUT2D eigenvalue weighted by molar-refractivity contribution is -0.146. The van der Waals surface area contributed by atoms with Gasteiger partial charge in [0, 0.05) is 12.7 Å². The van der Waals surface area contributed by atoms with E-state index in [0.29, 0.717) is 37.7 Å². The number of benzene rings is 1. The van der Waals surface area contributed by atoms with Crippen LogP contribution in [0.3, 0.4) is 0 Å². The molecule has 0 unspecified atom stereocenters. The molecule has 1 aliphatic heterocycles. The summed E-state index contributed by atoms with van der Waals surface area (Å²) in [7, 11) is 1.61. The number of methoxy groups -OCH3 is 1. The largest absolute Gasteiger partial charge is 0.486 e. The van der Waals surface area contributed by atoms with E-state index >= 15 is 0 Å². The van der Waals surface area contributed by atoms with Crippen molar-refractivity contribution in [1.29, 1.82) is 0 Å². The van der Waals surface area contributed by atoms with Gasteiger partial charge in [-0.05, 0) is 31.9 Å². The third kappa shape index (κ3) is 2.88. The normalized spacial score (nSPS) is 14.2. The fourth-order valence-corrected chi connectivity index (χ4v) is 2.22. The molecule has 1 N–H and O–H groups in total. The first-order chi connectivity index (χ1) is 9.45. The second-order valence-electron chi connectivity index (χ2n) is 5.53. The number of aliphatic carboxylic acids is 1. The fraction of sp³-hybridized carbons (Fsp3) is 0.533. The molecule has 0 aromatic heterocycles. The van der Waals surface area contributed by atoms with Crippen molar-refractivity contribution < 1.29 is 24.1 Å². The molecule has 0 radical (unpaired) electrons. The van der Waals surface area contributed by atoms with Crippen molar-refractivity contribution in [3.05, 3.63) is 23.3 Å². The minimum atomic E-state index is -0.877. The highest BCUT2D eigenvalue weighted by atomic mass is 16.6. The molecule has 0 spiro atoms. The van der Waals surface area contributed by atoms with Crippen LogP contribution in [0.4, 0.5) is 0 Å². The van der Waals surface area contributed by atoms with Gasteiger partial charge in [-0.3, -0.25) is 4.79 Å². The zero-order valence-electron chi connectivity index (χ0n) is 12.1. The third-order valence-corrected chi connectivity index (χ3v) is 3.41. The van der Waals surface area contributed by atoms with Crippen LogP contribution in [0.25, 0.3) is 0 Å². The van der Waals surface area contributed by atoms with Crippen molar-refractivity contribution >= 4 is 5.97 Å². The van der Waals surface area contributed by atoms with Crippen LogP contribution in [0, 0.1) is 5.41 Å². The first kappa shape index (κ1) is 14.7. The molecule has 0 saturated carbocycles. The highest BCUT2D eigenvalue weighted by Gasteiger charge is 2.31. The first-order valence-corrected chi connectivity index (χ1v) is 6.58. The van der Waals surface area contributed by atoms with Crippen LogP contribution in [0.5, 0.6) is 11.5 Å². The minimum absolute atomic E-state index is 0.369. The molecule has 1 aromatic carbocycles. The van der Waals surface area contributed by atoms with Gasteiger partial charge in [0.2, 0.25) is 0 Å². The maximum Gasteiger partial charge on any atom is 0.309 e. The first-order valence-electron chi connectivity index (χ1n) is 6.58. The zero-order valence-corrected chi connectivity index (χ0v) is 12.1. The van der Waals surface area contributed by atoms with Crippen LogP contribution in [-0.4, -0.2) is 31.4 Å². The number of fused-ring (bicyclic) bond motifs is 1. The smallest absolute Gasteiger partial charge is 0.309 e. The summed E-state index contributed by atoms with van der Waals surface area (Å²) in [6, 6.07) is 3.75. The number of hydrogen-bond acceptors (Lipinski definition) is 4. The number of carbonyl (C=O) groups is 1. The van der Waals surface area contributed by atoms with E-state index in [-0.39, 0.29) is 0 Å². The van der Waals surface area contributed by atoms with E-state index in [9.17, 15) is 9.90 Å². The minimum Gasteiger partial charge on any atom is -0.486 e. The highest BCUT2D eigenvalue weighted by molar-refractivity contribution is 5.74. The molecular weight excluding hydrogens is 260 g/mol. The Bertz CT molecular complexity index is 507. The van der Waals surface area contributed by atoms with Crippen molar-refractivity contribution in [3.63, 3.8) is 0 Å². The SMILES string of the molecule is COCc1ccc2c(c1CC(C)(C)C(=O)O)OCCO2. The Morgan fingerprint density at radius 2 is 2.05 bits per heavy atom. The summed E-state index contributed by atoms with van der Waals surface area (Å²) < 4.78 is 16.4. The number of carboxylic acid groups (broad SMARTS) is 1. The van der Waals surface area contributed by atoms with Gasteiger partial charge in [-0.2, -0.15) is 0 Å². The molecule has 1 aliphatic rings. The van der Waals surface area contributed by atoms with Crippen molar-refractivity contribution in [1.82, 2.24) is 0 Å². The van der Waals surface area contributed by atoms with E-state index in [0.717, 1.165) is 11.1 Å². The van der Waals surface area contributed by atoms with Crippen LogP contribution >= 0.6 is 0 Å². The van der Waals surface area contributed by atoms with Gasteiger partial charge in [-0.1, -0.05) is 6.07 Å². The Kier molecular flexibility index (Phi) is 4.18. The Morgan fingerprint density at radius 1 is 1.35 bits per heavy atom. The Labute approximate surface area is 118 Å². The molecule has 1 aromatic rings. The molecule has 20 heavy (non-hydrogen) atoms. The zero-order chi connectivity index (χ0) is 14.8. The van der Waals surface area contributed by atoms with Crippen molar-refractivity contribution in [2.75, 3.05) is 20.3 Å². The summed E-state index contributed by atoms with van der Waals surface area (Å²) in [6.07, 6.45) is 0.369. The van der Waals surface area contributed by atoms with Crippen molar-refractivity contribution in [3.8, 4) is 11.5 Å². The van der Waals surface area contributed by atoms with Crippen LogP contribution in [-0.2, 0) is 22.6 Å². The Hall–Kier alpha value is -1.75. The molecule has 0 fully saturated rings. The van der Waals surface area contributed by atoms with Gasteiger partial charge in [0.1, 0.15) is 13.2 Å². The van der Waals surface area contributed by atoms with Gasteiger partial charge >= 0.3 is 5.97 Å². The van der Waals surface area contributed by atoms with E-state index in [4.69, 9.17) is 14.2 Å². The molecule has 0 amide bonds. The standard InChI is InChI=1S/C15H20O5/c1-15(2,14(16)17)8-11-10(9-18-3)4-5-12-13(11)20-7-6-19-12/h4-5H,6-9H2,1-3H3,(H,16,17). The van der Waals surface area contributed by atoms with E-state index in [2.05, 4.69) is 0 Å². The summed E-state index contributed by atoms with van der Waals surface area (Å²) in [5.41, 5.74) is 0.917. The lowest BCUT2D eigenvalue weighted by Gasteiger charge is -2.27. The predicted octanol–water partition coefficient (Wildman–Crippen LogP) is 2.26. The number of hydrogen-bond donors (Lipinski definition) is 1. The van der Waals surface area contributed by atoms with Crippen molar-refractivity contribution in [2.45, 2.75) is 26.9 Å². The molecule has 110 valence electrons. The lowest BCUT2D eigenvalue weighted by Crippen LogP contribution is -2.28. The van der Waals surface area contributed by atoms with Crippen LogP contribution in [0.2, 0.25) is 0 Å². The van der Waals surface area contributed by atoms with Crippen LogP contribution in [0.1, 0.15) is 25.0 Å². The number of ether oxygens (including phenoxy) is 3. The van der Waals surface area contributed by atoms with Gasteiger partial charge < -0.3 is 19.3 Å². The predicted molar refractivity (Wildman–Crippen MR) is 73.3 cm³/mol. The average Bonchev–Trinajstić information content (AvgIpc) is 2.41. The second kappa shape index (κ2) is 5.71. The molecule has 0 bridgehead atoms. The van der Waals surface area contributed by atoms with Crippen LogP contribution < -0.4 is 9.47 Å². The summed E-state index contributed by atoms with van der Waals surface area (Å²) >= 11 is 0. The monoisotopic (exact) mass is 280 g/mol. The van der Waals surface area contributed by atoms with Gasteiger partial charge in [0.15, 0.2) is 11.5 Å². The van der Waals surface area contributed by atoms with Crippen molar-refractivity contribution in [2.24, 2.45) is 5.41 Å². The van der Waals surface area contributed by atoms with E-state index in [1.165, 1.54) is 0 Å². The van der Waals surface area contributed by atoms with Gasteiger partial charge in [-0.25, -0.2) is 0 Å². The van der Waals surface area contributed by atoms with Gasteiger partial charge in [0.25, 0.3) is 0 Å². The van der Waals surface area contributed by atoms with Gasteiger partial charge in [0.05, 0.1) is 12.0 Å². The second-order valence-corrected chi connectivity index (χ2v) is 5.53. The maximum absolute atomic E-state index is 11.4. The van der Waals surface area contributed by atoms with Gasteiger partial charge in [-0.15, -0.1) is 0 Å². The van der Waals surface area contributed by atoms with E-state index in [1.807, 2.05) is 12.1 Å². The highest BCUT2D eigenvalue weighted by Crippen LogP contribution is 2.39. The Balaban J connectivity index is 2.44. The summed E-state index contributed by atoms with van der Waals surface area (Å²) in [5.74, 6) is 0.489. The molecule has 5 nitrogen and oxygen atoms in total. The number of rotatable bonds is 5. The third-order valence-electron chi connectivity index (χ3n) is 3.41. The summed E-state index contributed by atoms with van der Waals surface area (Å²) in [5, 5.41) is 9.32. The fourth-order valence-electron chi connectivity index (χ4n) is 2.22.